The van der Waals surface area contributed by atoms with Crippen molar-refractivity contribution >= 4 is 56.4 Å². The van der Waals surface area contributed by atoms with Crippen molar-refractivity contribution < 1.29 is 29.0 Å². The predicted octanol–water partition coefficient (Wildman–Crippen LogP) is 6.91. The Labute approximate surface area is 223 Å². The van der Waals surface area contributed by atoms with Crippen LogP contribution in [0.5, 0.6) is 0 Å². The van der Waals surface area contributed by atoms with E-state index in [0.717, 1.165) is 9.37 Å². The monoisotopic (exact) mass is 571 g/mol. The van der Waals surface area contributed by atoms with Gasteiger partial charge in [-0.1, -0.05) is 28.1 Å². The largest absolute Gasteiger partial charge is 0.479 e. The van der Waals surface area contributed by atoms with Crippen LogP contribution in [0.1, 0.15) is 53.1 Å². The molecule has 0 bridgehead atoms. The molecule has 0 aliphatic rings. The first-order valence-corrected chi connectivity index (χ1v) is 12.3. The molecule has 3 rings (SSSR count). The van der Waals surface area contributed by atoms with Crippen molar-refractivity contribution in [3.8, 4) is 0 Å². The van der Waals surface area contributed by atoms with Crippen molar-refractivity contribution in [3.63, 3.8) is 0 Å². The van der Waals surface area contributed by atoms with Crippen molar-refractivity contribution in [3.05, 3.63) is 64.8 Å². The number of carboxylic acid groups (broad SMARTS) is 1. The standard InChI is InChI=1S/C27H30BrN3O6/c1-26(2,3)36-24(34)31(25(35)37-27(4,5)6)22-20-11-10-19(15-16(20)12-13-29-22)30-21(23(32)33)17-8-7-9-18(28)14-17/h7-15,21,30H,1-6H3,(H,32,33). The molecule has 2 N–H and O–H groups in total. The summed E-state index contributed by atoms with van der Waals surface area (Å²) >= 11 is 3.37. The maximum atomic E-state index is 13.1. The van der Waals surface area contributed by atoms with Gasteiger partial charge in [0.25, 0.3) is 0 Å². The average molecular weight is 572 g/mol. The van der Waals surface area contributed by atoms with Gasteiger partial charge in [0.2, 0.25) is 0 Å². The molecule has 0 radical (unpaired) electrons. The van der Waals surface area contributed by atoms with Gasteiger partial charge >= 0.3 is 18.2 Å². The Kier molecular flexibility index (Phi) is 8.12. The number of nitrogens with one attached hydrogen (secondary N) is 1. The first-order valence-electron chi connectivity index (χ1n) is 11.5. The highest BCUT2D eigenvalue weighted by Crippen LogP contribution is 2.31. The van der Waals surface area contributed by atoms with Crippen molar-refractivity contribution in [2.24, 2.45) is 0 Å². The summed E-state index contributed by atoms with van der Waals surface area (Å²) in [6, 6.07) is 12.7. The van der Waals surface area contributed by atoms with Gasteiger partial charge in [0.1, 0.15) is 11.2 Å². The maximum Gasteiger partial charge on any atom is 0.425 e. The van der Waals surface area contributed by atoms with Gasteiger partial charge < -0.3 is 19.9 Å². The van der Waals surface area contributed by atoms with E-state index in [0.29, 0.717) is 22.0 Å². The van der Waals surface area contributed by atoms with Crippen molar-refractivity contribution in [2.45, 2.75) is 58.8 Å². The molecule has 0 fully saturated rings. The first-order chi connectivity index (χ1) is 17.1. The fourth-order valence-corrected chi connectivity index (χ4v) is 3.85. The topological polar surface area (TPSA) is 118 Å². The van der Waals surface area contributed by atoms with E-state index >= 15 is 0 Å². The maximum absolute atomic E-state index is 13.1. The number of aliphatic carboxylic acids is 1. The molecule has 1 heterocycles. The van der Waals surface area contributed by atoms with Crippen LogP contribution in [0.4, 0.5) is 21.1 Å². The number of carbonyl (C=O) groups is 3. The number of carboxylic acids is 1. The normalized spacial score (nSPS) is 12.5. The van der Waals surface area contributed by atoms with Crippen LogP contribution in [0.15, 0.2) is 59.2 Å². The number of hydrogen-bond donors (Lipinski definition) is 2. The molecule has 37 heavy (non-hydrogen) atoms. The molecule has 0 aliphatic heterocycles. The molecular weight excluding hydrogens is 542 g/mol. The molecule has 1 aromatic heterocycles. The molecule has 10 heteroatoms. The smallest absolute Gasteiger partial charge is 0.425 e. The van der Waals surface area contributed by atoms with E-state index in [9.17, 15) is 19.5 Å². The fourth-order valence-electron chi connectivity index (χ4n) is 3.43. The van der Waals surface area contributed by atoms with Crippen LogP contribution in [0, 0.1) is 0 Å². The number of imide groups is 1. The molecule has 2 amide bonds. The number of pyridine rings is 1. The molecule has 0 saturated carbocycles. The van der Waals surface area contributed by atoms with Crippen LogP contribution < -0.4 is 10.2 Å². The summed E-state index contributed by atoms with van der Waals surface area (Å²) in [5.74, 6) is -1.01. The molecule has 0 spiro atoms. The van der Waals surface area contributed by atoms with Crippen LogP contribution >= 0.6 is 15.9 Å². The van der Waals surface area contributed by atoms with Crippen molar-refractivity contribution in [1.29, 1.82) is 0 Å². The Hall–Kier alpha value is -3.66. The number of carbonyl (C=O) groups excluding carboxylic acids is 2. The summed E-state index contributed by atoms with van der Waals surface area (Å²) < 4.78 is 11.7. The van der Waals surface area contributed by atoms with Gasteiger partial charge in [-0.15, -0.1) is 0 Å². The summed E-state index contributed by atoms with van der Waals surface area (Å²) in [6.45, 7) is 10.1. The predicted molar refractivity (Wildman–Crippen MR) is 145 cm³/mol. The average Bonchev–Trinajstić information content (AvgIpc) is 2.75. The number of nitrogens with zero attached hydrogens (tertiary/aromatic N) is 2. The van der Waals surface area contributed by atoms with E-state index in [4.69, 9.17) is 9.47 Å². The second-order valence-corrected chi connectivity index (χ2v) is 11.3. The number of hydrogen-bond acceptors (Lipinski definition) is 7. The van der Waals surface area contributed by atoms with Crippen molar-refractivity contribution in [1.82, 2.24) is 4.98 Å². The number of aromatic nitrogens is 1. The Morgan fingerprint density at radius 1 is 0.946 bits per heavy atom. The zero-order chi connectivity index (χ0) is 27.5. The lowest BCUT2D eigenvalue weighted by Crippen LogP contribution is -2.44. The highest BCUT2D eigenvalue weighted by molar-refractivity contribution is 9.10. The first kappa shape index (κ1) is 27.9. The highest BCUT2D eigenvalue weighted by atomic mass is 79.9. The van der Waals surface area contributed by atoms with Gasteiger partial charge in [-0.05, 0) is 88.9 Å². The quantitative estimate of drug-likeness (QED) is 0.339. The van der Waals surface area contributed by atoms with Gasteiger partial charge in [0.05, 0.1) is 0 Å². The molecule has 9 nitrogen and oxygen atoms in total. The molecule has 1 atom stereocenters. The second-order valence-electron chi connectivity index (χ2n) is 10.3. The van der Waals surface area contributed by atoms with E-state index in [1.165, 1.54) is 6.20 Å². The fraction of sp³-hybridized carbons (Fsp3) is 0.333. The molecule has 2 aromatic carbocycles. The van der Waals surface area contributed by atoms with E-state index in [2.05, 4.69) is 26.2 Å². The molecular formula is C27H30BrN3O6. The van der Waals surface area contributed by atoms with Crippen LogP contribution in [-0.2, 0) is 14.3 Å². The third-order valence-electron chi connectivity index (χ3n) is 4.85. The minimum absolute atomic E-state index is 0.0364. The van der Waals surface area contributed by atoms with Crippen molar-refractivity contribution in [2.75, 3.05) is 10.2 Å². The van der Waals surface area contributed by atoms with Gasteiger partial charge in [-0.2, -0.15) is 4.90 Å². The van der Waals surface area contributed by atoms with Crippen LogP contribution in [0.25, 0.3) is 10.8 Å². The van der Waals surface area contributed by atoms with Crippen LogP contribution in [0.2, 0.25) is 0 Å². The van der Waals surface area contributed by atoms with E-state index < -0.39 is 35.4 Å². The van der Waals surface area contributed by atoms with Gasteiger partial charge in [-0.3, -0.25) is 0 Å². The lowest BCUT2D eigenvalue weighted by Gasteiger charge is -2.28. The van der Waals surface area contributed by atoms with E-state index in [1.54, 1.807) is 84.0 Å². The molecule has 0 saturated heterocycles. The summed E-state index contributed by atoms with van der Waals surface area (Å²) in [6.07, 6.45) is -0.402. The summed E-state index contributed by atoms with van der Waals surface area (Å²) in [4.78, 5) is 43.2. The lowest BCUT2D eigenvalue weighted by molar-refractivity contribution is -0.138. The number of rotatable bonds is 5. The SMILES string of the molecule is CC(C)(C)OC(=O)N(C(=O)OC(C)(C)C)c1nccc2cc(NC(C(=O)O)c3cccc(Br)c3)ccc12. The number of amides is 2. The third-order valence-corrected chi connectivity index (χ3v) is 5.34. The van der Waals surface area contributed by atoms with Gasteiger partial charge in [0.15, 0.2) is 11.9 Å². The Morgan fingerprint density at radius 2 is 1.57 bits per heavy atom. The molecule has 1 unspecified atom stereocenters. The Bertz CT molecular complexity index is 1300. The number of benzene rings is 2. The minimum atomic E-state index is -1.05. The summed E-state index contributed by atoms with van der Waals surface area (Å²) in [5, 5.41) is 13.9. The van der Waals surface area contributed by atoms with E-state index in [1.807, 2.05) is 6.07 Å². The zero-order valence-corrected chi connectivity index (χ0v) is 23.1. The third kappa shape index (κ3) is 7.42. The Balaban J connectivity index is 2.03. The second kappa shape index (κ2) is 10.8. The van der Waals surface area contributed by atoms with Gasteiger partial charge in [0, 0.05) is 21.7 Å². The highest BCUT2D eigenvalue weighted by Gasteiger charge is 2.34. The van der Waals surface area contributed by atoms with Crippen LogP contribution in [-0.4, -0.2) is 39.4 Å². The molecule has 196 valence electrons. The Morgan fingerprint density at radius 3 is 2.11 bits per heavy atom. The van der Waals surface area contributed by atoms with Crippen LogP contribution in [0.3, 0.4) is 0 Å². The number of ether oxygens (including phenoxy) is 2. The summed E-state index contributed by atoms with van der Waals surface area (Å²) in [7, 11) is 0. The minimum Gasteiger partial charge on any atom is -0.479 e. The van der Waals surface area contributed by atoms with Gasteiger partial charge in [-0.25, -0.2) is 19.4 Å². The molecule has 3 aromatic rings. The summed E-state index contributed by atoms with van der Waals surface area (Å²) in [5.41, 5.74) is -0.634. The lowest BCUT2D eigenvalue weighted by atomic mass is 10.1. The number of fused-ring (bicyclic) bond motifs is 1. The zero-order valence-electron chi connectivity index (χ0n) is 21.5. The number of halogens is 1. The van der Waals surface area contributed by atoms with E-state index in [-0.39, 0.29) is 5.82 Å². The number of anilines is 2. The molecule has 0 aliphatic carbocycles.